The highest BCUT2D eigenvalue weighted by Crippen LogP contribution is 2.25. The van der Waals surface area contributed by atoms with E-state index in [-0.39, 0.29) is 6.04 Å². The minimum absolute atomic E-state index is 0.202. The van der Waals surface area contributed by atoms with Gasteiger partial charge in [0, 0.05) is 24.6 Å². The van der Waals surface area contributed by atoms with Crippen LogP contribution in [0.2, 0.25) is 0 Å². The monoisotopic (exact) mass is 274 g/mol. The molecule has 2 heterocycles. The first-order valence-electron chi connectivity index (χ1n) is 7.21. The van der Waals surface area contributed by atoms with E-state index in [9.17, 15) is 0 Å². The summed E-state index contributed by atoms with van der Waals surface area (Å²) in [7, 11) is 4.14. The molecule has 1 aromatic heterocycles. The van der Waals surface area contributed by atoms with E-state index in [0.29, 0.717) is 6.04 Å². The van der Waals surface area contributed by atoms with Crippen molar-refractivity contribution in [2.45, 2.75) is 18.5 Å². The van der Waals surface area contributed by atoms with Crippen molar-refractivity contribution < 1.29 is 9.15 Å². The number of furan rings is 1. The predicted octanol–water partition coefficient (Wildman–Crippen LogP) is 2.41. The van der Waals surface area contributed by atoms with Crippen LogP contribution in [-0.4, -0.2) is 44.8 Å². The molecule has 20 heavy (non-hydrogen) atoms. The van der Waals surface area contributed by atoms with E-state index in [1.54, 1.807) is 0 Å². The molecule has 1 fully saturated rings. The zero-order valence-electron chi connectivity index (χ0n) is 12.1. The fourth-order valence-electron chi connectivity index (χ4n) is 2.80. The van der Waals surface area contributed by atoms with E-state index < -0.39 is 0 Å². The van der Waals surface area contributed by atoms with Crippen LogP contribution in [0, 0.1) is 0 Å². The Morgan fingerprint density at radius 2 is 2.25 bits per heavy atom. The summed E-state index contributed by atoms with van der Waals surface area (Å²) >= 11 is 0. The third kappa shape index (κ3) is 2.73. The van der Waals surface area contributed by atoms with Gasteiger partial charge in [0.1, 0.15) is 11.3 Å². The van der Waals surface area contributed by atoms with Crippen LogP contribution in [0.4, 0.5) is 0 Å². The molecule has 0 amide bonds. The molecule has 0 aliphatic carbocycles. The average molecular weight is 274 g/mol. The van der Waals surface area contributed by atoms with Crippen LogP contribution >= 0.6 is 0 Å². The number of hydrogen-bond acceptors (Lipinski definition) is 4. The molecular weight excluding hydrogens is 252 g/mol. The second-order valence-electron chi connectivity index (χ2n) is 5.48. The zero-order chi connectivity index (χ0) is 13.9. The number of hydrogen-bond donors (Lipinski definition) is 1. The van der Waals surface area contributed by atoms with Crippen LogP contribution in [0.3, 0.4) is 0 Å². The Bertz CT molecular complexity index is 527. The molecule has 1 saturated heterocycles. The van der Waals surface area contributed by atoms with Crippen LogP contribution in [-0.2, 0) is 4.74 Å². The Labute approximate surface area is 119 Å². The van der Waals surface area contributed by atoms with E-state index in [0.717, 1.165) is 42.9 Å². The van der Waals surface area contributed by atoms with E-state index >= 15 is 0 Å². The maximum Gasteiger partial charge on any atom is 0.134 e. The van der Waals surface area contributed by atoms with Crippen LogP contribution in [0.5, 0.6) is 0 Å². The Morgan fingerprint density at radius 3 is 2.95 bits per heavy atom. The highest BCUT2D eigenvalue weighted by molar-refractivity contribution is 5.77. The van der Waals surface area contributed by atoms with Gasteiger partial charge in [-0.15, -0.1) is 0 Å². The molecule has 4 heteroatoms. The summed E-state index contributed by atoms with van der Waals surface area (Å²) in [5.41, 5.74) is 0.953. The van der Waals surface area contributed by atoms with Gasteiger partial charge in [0.05, 0.1) is 12.6 Å². The molecule has 2 aromatic rings. The van der Waals surface area contributed by atoms with Crippen molar-refractivity contribution in [3.8, 4) is 0 Å². The lowest BCUT2D eigenvalue weighted by Gasteiger charge is -2.26. The Morgan fingerprint density at radius 1 is 1.40 bits per heavy atom. The minimum Gasteiger partial charge on any atom is -0.459 e. The fraction of sp³-hybridized carbons (Fsp3) is 0.500. The van der Waals surface area contributed by atoms with Crippen molar-refractivity contribution in [1.29, 1.82) is 0 Å². The highest BCUT2D eigenvalue weighted by atomic mass is 16.5. The van der Waals surface area contributed by atoms with Crippen molar-refractivity contribution >= 4 is 11.0 Å². The molecule has 1 aliphatic heterocycles. The van der Waals surface area contributed by atoms with Crippen molar-refractivity contribution in [2.24, 2.45) is 0 Å². The first-order chi connectivity index (χ1) is 9.78. The number of para-hydroxylation sites is 1. The van der Waals surface area contributed by atoms with Gasteiger partial charge < -0.3 is 14.5 Å². The number of rotatable bonds is 5. The third-order valence-electron chi connectivity index (χ3n) is 4.14. The first kappa shape index (κ1) is 13.6. The molecule has 1 aliphatic rings. The van der Waals surface area contributed by atoms with E-state index in [2.05, 4.69) is 29.4 Å². The standard InChI is InChI=1S/C16H22N2O2/c1-17-14(10-18(2)13-7-8-19-11-13)16-9-12-5-3-4-6-15(12)20-16/h3-6,9,13-14,17H,7-8,10-11H2,1-2H3. The average Bonchev–Trinajstić information content (AvgIpc) is 3.12. The largest absolute Gasteiger partial charge is 0.459 e. The number of nitrogens with one attached hydrogen (secondary N) is 1. The maximum absolute atomic E-state index is 5.96. The molecule has 3 rings (SSSR count). The first-order valence-corrected chi connectivity index (χ1v) is 7.21. The van der Waals surface area contributed by atoms with Crippen LogP contribution in [0.15, 0.2) is 34.7 Å². The van der Waals surface area contributed by atoms with Crippen molar-refractivity contribution in [2.75, 3.05) is 33.9 Å². The fourth-order valence-corrected chi connectivity index (χ4v) is 2.80. The minimum atomic E-state index is 0.202. The molecule has 4 nitrogen and oxygen atoms in total. The smallest absolute Gasteiger partial charge is 0.134 e. The SMILES string of the molecule is CNC(CN(C)C1CCOC1)c1cc2ccccc2o1. The highest BCUT2D eigenvalue weighted by Gasteiger charge is 2.24. The molecule has 2 unspecified atom stereocenters. The van der Waals surface area contributed by atoms with Crippen LogP contribution in [0.1, 0.15) is 18.2 Å². The van der Waals surface area contributed by atoms with Gasteiger partial charge in [-0.1, -0.05) is 18.2 Å². The van der Waals surface area contributed by atoms with Crippen LogP contribution in [0.25, 0.3) is 11.0 Å². The third-order valence-corrected chi connectivity index (χ3v) is 4.14. The summed E-state index contributed by atoms with van der Waals surface area (Å²) in [6.07, 6.45) is 1.12. The summed E-state index contributed by atoms with van der Waals surface area (Å²) < 4.78 is 11.4. The van der Waals surface area contributed by atoms with Gasteiger partial charge in [-0.2, -0.15) is 0 Å². The topological polar surface area (TPSA) is 37.6 Å². The summed E-state index contributed by atoms with van der Waals surface area (Å²) in [5.74, 6) is 1.000. The molecule has 108 valence electrons. The number of fused-ring (bicyclic) bond motifs is 1. The predicted molar refractivity (Wildman–Crippen MR) is 79.9 cm³/mol. The van der Waals surface area contributed by atoms with Gasteiger partial charge in [0.15, 0.2) is 0 Å². The number of likely N-dealkylation sites (N-methyl/N-ethyl adjacent to an activating group) is 2. The zero-order valence-corrected chi connectivity index (χ0v) is 12.1. The number of ether oxygens (including phenoxy) is 1. The second kappa shape index (κ2) is 5.95. The summed E-state index contributed by atoms with van der Waals surface area (Å²) in [6.45, 7) is 2.64. The van der Waals surface area contributed by atoms with Crippen molar-refractivity contribution in [3.63, 3.8) is 0 Å². The number of nitrogens with zero attached hydrogens (tertiary/aromatic N) is 1. The van der Waals surface area contributed by atoms with Gasteiger partial charge in [0.2, 0.25) is 0 Å². The van der Waals surface area contributed by atoms with Gasteiger partial charge in [0.25, 0.3) is 0 Å². The van der Waals surface area contributed by atoms with E-state index in [4.69, 9.17) is 9.15 Å². The Kier molecular flexibility index (Phi) is 4.05. The summed E-state index contributed by atoms with van der Waals surface area (Å²) in [6, 6.07) is 11.0. The molecule has 0 radical (unpaired) electrons. The Hall–Kier alpha value is -1.36. The lowest BCUT2D eigenvalue weighted by molar-refractivity contribution is 0.151. The van der Waals surface area contributed by atoms with Gasteiger partial charge in [-0.25, -0.2) is 0 Å². The van der Waals surface area contributed by atoms with Crippen molar-refractivity contribution in [1.82, 2.24) is 10.2 Å². The van der Waals surface area contributed by atoms with Crippen LogP contribution < -0.4 is 5.32 Å². The molecule has 1 N–H and O–H groups in total. The second-order valence-corrected chi connectivity index (χ2v) is 5.48. The molecule has 0 saturated carbocycles. The normalized spacial score (nSPS) is 20.9. The Balaban J connectivity index is 1.74. The summed E-state index contributed by atoms with van der Waals surface area (Å²) in [5, 5.41) is 4.52. The lowest BCUT2D eigenvalue weighted by Crippen LogP contribution is -2.38. The van der Waals surface area contributed by atoms with Gasteiger partial charge in [-0.3, -0.25) is 4.90 Å². The molecule has 0 spiro atoms. The maximum atomic E-state index is 5.96. The summed E-state index contributed by atoms with van der Waals surface area (Å²) in [4.78, 5) is 2.36. The molecular formula is C16H22N2O2. The van der Waals surface area contributed by atoms with E-state index in [1.807, 2.05) is 25.2 Å². The molecule has 1 aromatic carbocycles. The van der Waals surface area contributed by atoms with Gasteiger partial charge in [-0.05, 0) is 32.6 Å². The molecule has 0 bridgehead atoms. The lowest BCUT2D eigenvalue weighted by atomic mass is 10.1. The van der Waals surface area contributed by atoms with Crippen molar-refractivity contribution in [3.05, 3.63) is 36.1 Å². The quantitative estimate of drug-likeness (QED) is 0.908. The molecule has 2 atom stereocenters. The van der Waals surface area contributed by atoms with E-state index in [1.165, 1.54) is 0 Å². The van der Waals surface area contributed by atoms with Gasteiger partial charge >= 0.3 is 0 Å². The number of benzene rings is 1.